The van der Waals surface area contributed by atoms with Crippen LogP contribution in [0, 0.1) is 0 Å². The van der Waals surface area contributed by atoms with E-state index < -0.39 is 0 Å². The Morgan fingerprint density at radius 1 is 1.20 bits per heavy atom. The molecule has 0 bridgehead atoms. The Kier molecular flexibility index (Phi) is 8.08. The zero-order valence-corrected chi connectivity index (χ0v) is 14.1. The summed E-state index contributed by atoms with van der Waals surface area (Å²) in [5.41, 5.74) is -0.0573. The zero-order valence-electron chi connectivity index (χ0n) is 14.1. The third-order valence-corrected chi connectivity index (χ3v) is 5.18. The van der Waals surface area contributed by atoms with Crippen LogP contribution in [-0.4, -0.2) is 47.3 Å². The van der Waals surface area contributed by atoms with Gasteiger partial charge in [-0.3, -0.25) is 4.90 Å². The first-order valence-electron chi connectivity index (χ1n) is 8.70. The van der Waals surface area contributed by atoms with E-state index in [4.69, 9.17) is 0 Å². The summed E-state index contributed by atoms with van der Waals surface area (Å²) in [5, 5.41) is 13.3. The molecule has 120 valence electrons. The highest BCUT2D eigenvalue weighted by molar-refractivity contribution is 4.87. The van der Waals surface area contributed by atoms with Crippen molar-refractivity contribution in [3.05, 3.63) is 0 Å². The third-order valence-electron chi connectivity index (χ3n) is 5.18. The van der Waals surface area contributed by atoms with E-state index in [1.54, 1.807) is 0 Å². The molecule has 20 heavy (non-hydrogen) atoms. The van der Waals surface area contributed by atoms with Crippen LogP contribution in [0.15, 0.2) is 0 Å². The minimum atomic E-state index is -0.0573. The molecule has 0 spiro atoms. The van der Waals surface area contributed by atoms with Crippen molar-refractivity contribution in [2.75, 3.05) is 19.7 Å². The van der Waals surface area contributed by atoms with E-state index in [1.807, 2.05) is 0 Å². The van der Waals surface area contributed by atoms with Crippen LogP contribution in [0.3, 0.4) is 0 Å². The maximum atomic E-state index is 9.77. The number of nitrogens with zero attached hydrogens (tertiary/aromatic N) is 1. The molecule has 1 aliphatic heterocycles. The summed E-state index contributed by atoms with van der Waals surface area (Å²) < 4.78 is 0. The van der Waals surface area contributed by atoms with E-state index >= 15 is 0 Å². The molecule has 1 fully saturated rings. The van der Waals surface area contributed by atoms with E-state index in [1.165, 1.54) is 32.2 Å². The monoisotopic (exact) mass is 284 g/mol. The molecule has 0 aromatic carbocycles. The highest BCUT2D eigenvalue weighted by Gasteiger charge is 2.28. The molecule has 1 saturated heterocycles. The van der Waals surface area contributed by atoms with Gasteiger partial charge in [-0.1, -0.05) is 20.3 Å². The summed E-state index contributed by atoms with van der Waals surface area (Å²) in [7, 11) is 0. The first kappa shape index (κ1) is 17.9. The van der Waals surface area contributed by atoms with Gasteiger partial charge in [-0.05, 0) is 65.5 Å². The average Bonchev–Trinajstić information content (AvgIpc) is 2.46. The molecule has 0 amide bonds. The van der Waals surface area contributed by atoms with Crippen molar-refractivity contribution in [2.24, 2.45) is 0 Å². The molecule has 0 aromatic rings. The Hall–Kier alpha value is -0.120. The summed E-state index contributed by atoms with van der Waals surface area (Å²) >= 11 is 0. The van der Waals surface area contributed by atoms with Crippen LogP contribution in [-0.2, 0) is 0 Å². The molecular formula is C17H36N2O. The predicted octanol–water partition coefficient (Wildman–Crippen LogP) is 3.17. The van der Waals surface area contributed by atoms with Gasteiger partial charge < -0.3 is 10.4 Å². The number of likely N-dealkylation sites (tertiary alicyclic amines) is 1. The summed E-state index contributed by atoms with van der Waals surface area (Å²) in [6, 6.07) is 1.46. The standard InChI is InChI=1S/C17H36N2O/c1-5-12-18-17(6-2,14-20)11-8-13-19-15(3)9-7-10-16(19)4/h15-16,18,20H,5-14H2,1-4H3. The summed E-state index contributed by atoms with van der Waals surface area (Å²) in [6.45, 7) is 11.5. The predicted molar refractivity (Wildman–Crippen MR) is 87.1 cm³/mol. The Morgan fingerprint density at radius 3 is 2.35 bits per heavy atom. The smallest absolute Gasteiger partial charge is 0.0613 e. The van der Waals surface area contributed by atoms with E-state index in [0.717, 1.165) is 37.9 Å². The first-order valence-corrected chi connectivity index (χ1v) is 8.70. The quantitative estimate of drug-likeness (QED) is 0.682. The average molecular weight is 284 g/mol. The van der Waals surface area contributed by atoms with Crippen LogP contribution in [0.1, 0.15) is 72.6 Å². The molecule has 1 heterocycles. The van der Waals surface area contributed by atoms with E-state index in [-0.39, 0.29) is 12.1 Å². The fourth-order valence-corrected chi connectivity index (χ4v) is 3.54. The van der Waals surface area contributed by atoms with Crippen molar-refractivity contribution >= 4 is 0 Å². The molecule has 2 N–H and O–H groups in total. The van der Waals surface area contributed by atoms with E-state index in [2.05, 4.69) is 37.9 Å². The van der Waals surface area contributed by atoms with Gasteiger partial charge in [-0.2, -0.15) is 0 Å². The minimum Gasteiger partial charge on any atom is -0.394 e. The molecule has 0 aliphatic carbocycles. The summed E-state index contributed by atoms with van der Waals surface area (Å²) in [6.07, 6.45) is 8.47. The molecule has 0 saturated carbocycles. The van der Waals surface area contributed by atoms with Crippen LogP contribution >= 0.6 is 0 Å². The second-order valence-electron chi connectivity index (χ2n) is 6.69. The number of piperidine rings is 1. The lowest BCUT2D eigenvalue weighted by molar-refractivity contribution is 0.0894. The van der Waals surface area contributed by atoms with Gasteiger partial charge in [0.2, 0.25) is 0 Å². The van der Waals surface area contributed by atoms with Gasteiger partial charge >= 0.3 is 0 Å². The Bertz CT molecular complexity index is 243. The van der Waals surface area contributed by atoms with Crippen molar-refractivity contribution in [3.63, 3.8) is 0 Å². The van der Waals surface area contributed by atoms with Crippen molar-refractivity contribution in [1.29, 1.82) is 0 Å². The third kappa shape index (κ3) is 5.01. The van der Waals surface area contributed by atoms with Gasteiger partial charge in [-0.25, -0.2) is 0 Å². The molecule has 3 nitrogen and oxygen atoms in total. The lowest BCUT2D eigenvalue weighted by Crippen LogP contribution is -2.49. The van der Waals surface area contributed by atoms with Crippen LogP contribution < -0.4 is 5.32 Å². The lowest BCUT2D eigenvalue weighted by Gasteiger charge is -2.40. The first-order chi connectivity index (χ1) is 9.58. The van der Waals surface area contributed by atoms with Crippen molar-refractivity contribution in [3.8, 4) is 0 Å². The molecule has 0 aromatic heterocycles. The van der Waals surface area contributed by atoms with Gasteiger partial charge in [0.1, 0.15) is 0 Å². The van der Waals surface area contributed by atoms with Crippen molar-refractivity contribution in [1.82, 2.24) is 10.2 Å². The summed E-state index contributed by atoms with van der Waals surface area (Å²) in [5.74, 6) is 0. The van der Waals surface area contributed by atoms with E-state index in [9.17, 15) is 5.11 Å². The van der Waals surface area contributed by atoms with Gasteiger partial charge in [0, 0.05) is 17.6 Å². The molecule has 1 rings (SSSR count). The van der Waals surface area contributed by atoms with Gasteiger partial charge in [0.15, 0.2) is 0 Å². The molecular weight excluding hydrogens is 248 g/mol. The SMILES string of the molecule is CCCNC(CC)(CO)CCCN1C(C)CCCC1C. The molecule has 3 atom stereocenters. The second-order valence-corrected chi connectivity index (χ2v) is 6.69. The van der Waals surface area contributed by atoms with Gasteiger partial charge in [-0.15, -0.1) is 0 Å². The zero-order chi connectivity index (χ0) is 15.0. The van der Waals surface area contributed by atoms with Crippen LogP contribution in [0.2, 0.25) is 0 Å². The topological polar surface area (TPSA) is 35.5 Å². The Labute approximate surface area is 126 Å². The Morgan fingerprint density at radius 2 is 1.85 bits per heavy atom. The van der Waals surface area contributed by atoms with Crippen LogP contribution in [0.5, 0.6) is 0 Å². The molecule has 3 heteroatoms. The lowest BCUT2D eigenvalue weighted by atomic mass is 9.90. The van der Waals surface area contributed by atoms with Crippen molar-refractivity contribution < 1.29 is 5.11 Å². The molecule has 0 radical (unpaired) electrons. The van der Waals surface area contributed by atoms with Crippen LogP contribution in [0.25, 0.3) is 0 Å². The maximum absolute atomic E-state index is 9.77. The highest BCUT2D eigenvalue weighted by atomic mass is 16.3. The van der Waals surface area contributed by atoms with Gasteiger partial charge in [0.05, 0.1) is 6.61 Å². The normalized spacial score (nSPS) is 27.4. The number of aliphatic hydroxyl groups excluding tert-OH is 1. The number of hydrogen-bond donors (Lipinski definition) is 2. The number of nitrogens with one attached hydrogen (secondary N) is 1. The molecule has 1 aliphatic rings. The van der Waals surface area contributed by atoms with Crippen molar-refractivity contribution in [2.45, 2.75) is 90.3 Å². The summed E-state index contributed by atoms with van der Waals surface area (Å²) in [4.78, 5) is 2.67. The fraction of sp³-hybridized carbons (Fsp3) is 1.00. The van der Waals surface area contributed by atoms with Crippen LogP contribution in [0.4, 0.5) is 0 Å². The second kappa shape index (κ2) is 9.01. The number of rotatable bonds is 9. The van der Waals surface area contributed by atoms with E-state index in [0.29, 0.717) is 0 Å². The number of hydrogen-bond acceptors (Lipinski definition) is 3. The maximum Gasteiger partial charge on any atom is 0.0613 e. The largest absolute Gasteiger partial charge is 0.394 e. The Balaban J connectivity index is 2.42. The highest BCUT2D eigenvalue weighted by Crippen LogP contribution is 2.24. The number of aliphatic hydroxyl groups is 1. The fourth-order valence-electron chi connectivity index (χ4n) is 3.54. The van der Waals surface area contributed by atoms with Gasteiger partial charge in [0.25, 0.3) is 0 Å². The minimum absolute atomic E-state index is 0.0573. The molecule has 3 unspecified atom stereocenters.